The lowest BCUT2D eigenvalue weighted by atomic mass is 10.1. The Balaban J connectivity index is 2.14. The van der Waals surface area contributed by atoms with Gasteiger partial charge in [-0.1, -0.05) is 23.4 Å². The summed E-state index contributed by atoms with van der Waals surface area (Å²) in [5, 5.41) is 12.6. The van der Waals surface area contributed by atoms with Gasteiger partial charge in [0.25, 0.3) is 0 Å². The topological polar surface area (TPSA) is 45.1 Å². The van der Waals surface area contributed by atoms with Crippen LogP contribution in [0.25, 0.3) is 0 Å². The maximum atomic E-state index is 9.18. The highest BCUT2D eigenvalue weighted by atomic mass is 16.5. The second-order valence-electron chi connectivity index (χ2n) is 6.12. The van der Waals surface area contributed by atoms with E-state index in [0.717, 1.165) is 42.9 Å². The quantitative estimate of drug-likeness (QED) is 0.680. The van der Waals surface area contributed by atoms with Crippen molar-refractivity contribution >= 4 is 11.4 Å². The highest BCUT2D eigenvalue weighted by Crippen LogP contribution is 2.26. The fraction of sp³-hybridized carbons (Fsp3) is 0.562. The second-order valence-corrected chi connectivity index (χ2v) is 6.12. The summed E-state index contributed by atoms with van der Waals surface area (Å²) >= 11 is 0. The van der Waals surface area contributed by atoms with Gasteiger partial charge in [-0.3, -0.25) is 0 Å². The molecule has 110 valence electrons. The molecule has 20 heavy (non-hydrogen) atoms. The Morgan fingerprint density at radius 3 is 2.75 bits per heavy atom. The van der Waals surface area contributed by atoms with Gasteiger partial charge >= 0.3 is 0 Å². The van der Waals surface area contributed by atoms with Gasteiger partial charge < -0.3 is 14.8 Å². The zero-order valence-corrected chi connectivity index (χ0v) is 12.6. The summed E-state index contributed by atoms with van der Waals surface area (Å²) in [5.41, 5.74) is 2.83. The molecular formula is C16H24N2O2. The van der Waals surface area contributed by atoms with Crippen LogP contribution >= 0.6 is 0 Å². The predicted molar refractivity (Wildman–Crippen MR) is 81.9 cm³/mol. The third-order valence-corrected chi connectivity index (χ3v) is 3.41. The first-order valence-electron chi connectivity index (χ1n) is 7.20. The van der Waals surface area contributed by atoms with E-state index >= 15 is 0 Å². The lowest BCUT2D eigenvalue weighted by Crippen LogP contribution is -2.31. The predicted octanol–water partition coefficient (Wildman–Crippen LogP) is 3.28. The molecule has 0 saturated heterocycles. The Kier molecular flexibility index (Phi) is 4.65. The van der Waals surface area contributed by atoms with E-state index in [0.29, 0.717) is 6.61 Å². The van der Waals surface area contributed by atoms with Crippen molar-refractivity contribution in [2.24, 2.45) is 5.16 Å². The normalized spacial score (nSPS) is 17.9. The van der Waals surface area contributed by atoms with E-state index < -0.39 is 0 Å². The SMILES string of the molecule is CC(C)(C)OCCN1CCC/C(=N/O)c2ccccc21. The summed E-state index contributed by atoms with van der Waals surface area (Å²) in [6.45, 7) is 8.72. The van der Waals surface area contributed by atoms with Crippen LogP contribution in [0.4, 0.5) is 5.69 Å². The van der Waals surface area contributed by atoms with Crippen molar-refractivity contribution in [3.8, 4) is 0 Å². The van der Waals surface area contributed by atoms with Crippen molar-refractivity contribution in [1.82, 2.24) is 0 Å². The Morgan fingerprint density at radius 2 is 2.05 bits per heavy atom. The highest BCUT2D eigenvalue weighted by Gasteiger charge is 2.20. The number of hydrogen-bond donors (Lipinski definition) is 1. The van der Waals surface area contributed by atoms with Gasteiger partial charge in [0.15, 0.2) is 0 Å². The Labute approximate surface area is 121 Å². The number of para-hydroxylation sites is 1. The van der Waals surface area contributed by atoms with E-state index in [1.807, 2.05) is 18.2 Å². The zero-order chi connectivity index (χ0) is 14.6. The summed E-state index contributed by atoms with van der Waals surface area (Å²) in [7, 11) is 0. The first-order chi connectivity index (χ1) is 9.51. The average Bonchev–Trinajstić information content (AvgIpc) is 2.57. The van der Waals surface area contributed by atoms with Crippen molar-refractivity contribution in [1.29, 1.82) is 0 Å². The summed E-state index contributed by atoms with van der Waals surface area (Å²) in [6.07, 6.45) is 1.80. The molecule has 0 fully saturated rings. The number of benzene rings is 1. The molecule has 1 aromatic carbocycles. The molecule has 0 saturated carbocycles. The van der Waals surface area contributed by atoms with Gasteiger partial charge in [0, 0.05) is 24.3 Å². The standard InChI is InChI=1S/C16H24N2O2/c1-16(2,3)20-12-11-18-10-6-8-14(17-19)13-7-4-5-9-15(13)18/h4-5,7,9,19H,6,8,10-12H2,1-3H3/b17-14-. The lowest BCUT2D eigenvalue weighted by Gasteiger charge is -2.27. The molecule has 0 atom stereocenters. The number of fused-ring (bicyclic) bond motifs is 1. The molecule has 0 radical (unpaired) electrons. The third kappa shape index (κ3) is 3.73. The van der Waals surface area contributed by atoms with E-state index in [9.17, 15) is 5.21 Å². The van der Waals surface area contributed by atoms with Crippen molar-refractivity contribution in [2.75, 3.05) is 24.6 Å². The monoisotopic (exact) mass is 276 g/mol. The molecule has 0 bridgehead atoms. The maximum Gasteiger partial charge on any atom is 0.0889 e. The van der Waals surface area contributed by atoms with Crippen LogP contribution in [0.1, 0.15) is 39.2 Å². The molecule has 2 rings (SSSR count). The number of rotatable bonds is 3. The van der Waals surface area contributed by atoms with Crippen LogP contribution in [0.2, 0.25) is 0 Å². The van der Waals surface area contributed by atoms with Crippen molar-refractivity contribution in [3.05, 3.63) is 29.8 Å². The van der Waals surface area contributed by atoms with Crippen molar-refractivity contribution in [3.63, 3.8) is 0 Å². The molecule has 0 aliphatic carbocycles. The number of nitrogens with zero attached hydrogens (tertiary/aromatic N) is 2. The molecule has 4 nitrogen and oxygen atoms in total. The molecule has 4 heteroatoms. The van der Waals surface area contributed by atoms with E-state index in [2.05, 4.69) is 36.9 Å². The van der Waals surface area contributed by atoms with Crippen LogP contribution in [-0.2, 0) is 4.74 Å². The fourth-order valence-corrected chi connectivity index (χ4v) is 2.48. The molecule has 0 unspecified atom stereocenters. The van der Waals surface area contributed by atoms with Crippen LogP contribution in [-0.4, -0.2) is 36.2 Å². The van der Waals surface area contributed by atoms with Crippen LogP contribution in [0, 0.1) is 0 Å². The summed E-state index contributed by atoms with van der Waals surface area (Å²) in [5.74, 6) is 0. The first-order valence-corrected chi connectivity index (χ1v) is 7.20. The van der Waals surface area contributed by atoms with E-state index in [1.54, 1.807) is 0 Å². The second kappa shape index (κ2) is 6.27. The van der Waals surface area contributed by atoms with Gasteiger partial charge in [-0.25, -0.2) is 0 Å². The zero-order valence-electron chi connectivity index (χ0n) is 12.6. The molecule has 1 N–H and O–H groups in total. The molecule has 0 aromatic heterocycles. The maximum absolute atomic E-state index is 9.18. The number of anilines is 1. The number of hydrogen-bond acceptors (Lipinski definition) is 4. The summed E-state index contributed by atoms with van der Waals surface area (Å²) in [4.78, 5) is 2.32. The highest BCUT2D eigenvalue weighted by molar-refractivity contribution is 6.05. The number of oxime groups is 1. The summed E-state index contributed by atoms with van der Waals surface area (Å²) < 4.78 is 5.82. The molecule has 1 heterocycles. The average molecular weight is 276 g/mol. The molecule has 1 aromatic rings. The van der Waals surface area contributed by atoms with Crippen molar-refractivity contribution in [2.45, 2.75) is 39.2 Å². The van der Waals surface area contributed by atoms with Gasteiger partial charge in [-0.2, -0.15) is 0 Å². The Bertz CT molecular complexity index is 478. The van der Waals surface area contributed by atoms with Crippen LogP contribution in [0.5, 0.6) is 0 Å². The van der Waals surface area contributed by atoms with Crippen LogP contribution in [0.15, 0.2) is 29.4 Å². The lowest BCUT2D eigenvalue weighted by molar-refractivity contribution is 0.00136. The van der Waals surface area contributed by atoms with Crippen molar-refractivity contribution < 1.29 is 9.94 Å². The third-order valence-electron chi connectivity index (χ3n) is 3.41. The minimum atomic E-state index is -0.108. The smallest absolute Gasteiger partial charge is 0.0889 e. The van der Waals surface area contributed by atoms with E-state index in [1.165, 1.54) is 0 Å². The van der Waals surface area contributed by atoms with Gasteiger partial charge in [-0.15, -0.1) is 0 Å². The molecule has 0 spiro atoms. The fourth-order valence-electron chi connectivity index (χ4n) is 2.48. The largest absolute Gasteiger partial charge is 0.411 e. The van der Waals surface area contributed by atoms with Gasteiger partial charge in [-0.05, 0) is 39.7 Å². The van der Waals surface area contributed by atoms with E-state index in [4.69, 9.17) is 4.74 Å². The van der Waals surface area contributed by atoms with Gasteiger partial charge in [0.2, 0.25) is 0 Å². The van der Waals surface area contributed by atoms with E-state index in [-0.39, 0.29) is 5.60 Å². The minimum Gasteiger partial charge on any atom is -0.411 e. The molecular weight excluding hydrogens is 252 g/mol. The van der Waals surface area contributed by atoms with Gasteiger partial charge in [0.05, 0.1) is 17.9 Å². The Hall–Kier alpha value is -1.55. The Morgan fingerprint density at radius 1 is 1.30 bits per heavy atom. The van der Waals surface area contributed by atoms with Crippen LogP contribution in [0.3, 0.4) is 0 Å². The first kappa shape index (κ1) is 14.9. The van der Waals surface area contributed by atoms with Gasteiger partial charge in [0.1, 0.15) is 0 Å². The molecule has 1 aliphatic rings. The summed E-state index contributed by atoms with van der Waals surface area (Å²) in [6, 6.07) is 8.12. The number of ether oxygens (including phenoxy) is 1. The van der Waals surface area contributed by atoms with Crippen LogP contribution < -0.4 is 4.90 Å². The molecule has 0 amide bonds. The minimum absolute atomic E-state index is 0.108. The molecule has 1 aliphatic heterocycles.